The second-order valence-corrected chi connectivity index (χ2v) is 4.59. The molecule has 0 saturated heterocycles. The molecule has 3 nitrogen and oxygen atoms in total. The van der Waals surface area contributed by atoms with E-state index < -0.39 is 10.1 Å². The van der Waals surface area contributed by atoms with Gasteiger partial charge in [0, 0.05) is 0 Å². The average Bonchev–Trinajstić information content (AvgIpc) is 2.15. The van der Waals surface area contributed by atoms with Gasteiger partial charge in [-0.15, -0.1) is 0 Å². The fourth-order valence-electron chi connectivity index (χ4n) is 1.29. The van der Waals surface area contributed by atoms with E-state index in [1.54, 1.807) is 0 Å². The molecule has 0 atom stereocenters. The van der Waals surface area contributed by atoms with Gasteiger partial charge in [0.25, 0.3) is 10.1 Å². The second kappa shape index (κ2) is 4.11. The Morgan fingerprint density at radius 3 is 1.79 bits per heavy atom. The van der Waals surface area contributed by atoms with Crippen molar-refractivity contribution in [2.75, 3.05) is 0 Å². The van der Waals surface area contributed by atoms with Crippen LogP contribution in [0.4, 0.5) is 0 Å². The Morgan fingerprint density at radius 1 is 1.07 bits per heavy atom. The summed E-state index contributed by atoms with van der Waals surface area (Å²) in [5.74, 6) is 0. The summed E-state index contributed by atoms with van der Waals surface area (Å²) in [7, 11) is -4.07. The number of rotatable bonds is 3. The maximum absolute atomic E-state index is 10.9. The molecule has 0 aliphatic carbocycles. The van der Waals surface area contributed by atoms with Crippen molar-refractivity contribution in [3.05, 3.63) is 29.3 Å². The van der Waals surface area contributed by atoms with Crippen LogP contribution in [0, 0.1) is 0 Å². The molecule has 0 aliphatic heterocycles. The van der Waals surface area contributed by atoms with Gasteiger partial charge in [0.1, 0.15) is 0 Å². The molecule has 0 fully saturated rings. The van der Waals surface area contributed by atoms with Crippen LogP contribution in [0.15, 0.2) is 23.1 Å². The lowest BCUT2D eigenvalue weighted by atomic mass is 10.1. The predicted molar refractivity (Wildman–Crippen MR) is 55.0 cm³/mol. The number of benzene rings is 1. The third kappa shape index (κ3) is 2.56. The Labute approximate surface area is 84.5 Å². The van der Waals surface area contributed by atoms with E-state index in [-0.39, 0.29) is 4.90 Å². The van der Waals surface area contributed by atoms with Gasteiger partial charge in [-0.25, -0.2) is 0 Å². The summed E-state index contributed by atoms with van der Waals surface area (Å²) in [6.07, 6.45) is 1.52. The molecule has 0 spiro atoms. The molecule has 0 bridgehead atoms. The summed E-state index contributed by atoms with van der Waals surface area (Å²) in [5, 5.41) is 0. The van der Waals surface area contributed by atoms with Gasteiger partial charge >= 0.3 is 0 Å². The lowest BCUT2D eigenvalue weighted by molar-refractivity contribution is 0.483. The van der Waals surface area contributed by atoms with Crippen LogP contribution in [0.25, 0.3) is 0 Å². The van der Waals surface area contributed by atoms with Crippen molar-refractivity contribution >= 4 is 10.1 Å². The maximum atomic E-state index is 10.9. The van der Waals surface area contributed by atoms with E-state index >= 15 is 0 Å². The summed E-state index contributed by atoms with van der Waals surface area (Å²) < 4.78 is 30.8. The highest BCUT2D eigenvalue weighted by Gasteiger charge is 2.10. The summed E-state index contributed by atoms with van der Waals surface area (Å²) in [5.41, 5.74) is 1.86. The molecule has 0 amide bonds. The fourth-order valence-corrected chi connectivity index (χ4v) is 1.89. The van der Waals surface area contributed by atoms with E-state index in [0.717, 1.165) is 24.0 Å². The Balaban J connectivity index is 3.32. The quantitative estimate of drug-likeness (QED) is 0.783. The van der Waals surface area contributed by atoms with E-state index in [0.29, 0.717) is 0 Å². The van der Waals surface area contributed by atoms with Crippen molar-refractivity contribution in [1.82, 2.24) is 0 Å². The smallest absolute Gasteiger partial charge is 0.282 e. The molecule has 1 rings (SSSR count). The first-order chi connectivity index (χ1) is 6.47. The van der Waals surface area contributed by atoms with Crippen LogP contribution in [-0.2, 0) is 23.0 Å². The largest absolute Gasteiger partial charge is 0.294 e. The molecule has 0 aromatic heterocycles. The minimum atomic E-state index is -4.07. The standard InChI is InChI=1S/C10H14O3S/c1-3-8-5-9(4-2)7-10(6-8)14(11,12)13/h5-7H,3-4H2,1-2H3,(H,11,12,13). The van der Waals surface area contributed by atoms with Crippen LogP contribution in [0.1, 0.15) is 25.0 Å². The fraction of sp³-hybridized carbons (Fsp3) is 0.400. The number of aryl methyl sites for hydroxylation is 2. The summed E-state index contributed by atoms with van der Waals surface area (Å²) in [6.45, 7) is 3.89. The van der Waals surface area contributed by atoms with E-state index in [4.69, 9.17) is 4.55 Å². The minimum absolute atomic E-state index is 0.00583. The summed E-state index contributed by atoms with van der Waals surface area (Å²) in [4.78, 5) is -0.00583. The van der Waals surface area contributed by atoms with Crippen LogP contribution >= 0.6 is 0 Å². The molecule has 0 heterocycles. The molecule has 78 valence electrons. The van der Waals surface area contributed by atoms with Gasteiger partial charge in [-0.3, -0.25) is 4.55 Å². The van der Waals surface area contributed by atoms with Gasteiger partial charge in [-0.05, 0) is 36.1 Å². The molecular weight excluding hydrogens is 200 g/mol. The maximum Gasteiger partial charge on any atom is 0.294 e. The van der Waals surface area contributed by atoms with E-state index in [2.05, 4.69) is 0 Å². The second-order valence-electron chi connectivity index (χ2n) is 3.17. The Kier molecular flexibility index (Phi) is 3.29. The first-order valence-electron chi connectivity index (χ1n) is 4.57. The minimum Gasteiger partial charge on any atom is -0.282 e. The van der Waals surface area contributed by atoms with Crippen molar-refractivity contribution in [3.8, 4) is 0 Å². The number of hydrogen-bond acceptors (Lipinski definition) is 2. The molecular formula is C10H14O3S. The lowest BCUT2D eigenvalue weighted by Gasteiger charge is -2.04. The predicted octanol–water partition coefficient (Wildman–Crippen LogP) is 2.06. The summed E-state index contributed by atoms with van der Waals surface area (Å²) >= 11 is 0. The van der Waals surface area contributed by atoms with Crippen molar-refractivity contribution < 1.29 is 13.0 Å². The zero-order valence-electron chi connectivity index (χ0n) is 8.32. The highest BCUT2D eigenvalue weighted by atomic mass is 32.2. The molecule has 4 heteroatoms. The van der Waals surface area contributed by atoms with Crippen molar-refractivity contribution in [1.29, 1.82) is 0 Å². The molecule has 0 radical (unpaired) electrons. The van der Waals surface area contributed by atoms with Gasteiger partial charge in [-0.1, -0.05) is 19.9 Å². The van der Waals surface area contributed by atoms with Gasteiger partial charge in [0.15, 0.2) is 0 Å². The van der Waals surface area contributed by atoms with E-state index in [1.165, 1.54) is 12.1 Å². The highest BCUT2D eigenvalue weighted by molar-refractivity contribution is 7.85. The Bertz CT molecular complexity index is 399. The molecule has 0 unspecified atom stereocenters. The van der Waals surface area contributed by atoms with Crippen molar-refractivity contribution in [2.45, 2.75) is 31.6 Å². The van der Waals surface area contributed by atoms with Crippen LogP contribution in [-0.4, -0.2) is 13.0 Å². The lowest BCUT2D eigenvalue weighted by Crippen LogP contribution is -2.00. The SMILES string of the molecule is CCc1cc(CC)cc(S(=O)(=O)O)c1. The van der Waals surface area contributed by atoms with Gasteiger partial charge in [0.2, 0.25) is 0 Å². The van der Waals surface area contributed by atoms with E-state index in [9.17, 15) is 8.42 Å². The third-order valence-corrected chi connectivity index (χ3v) is 2.97. The molecule has 0 saturated carbocycles. The van der Waals surface area contributed by atoms with Gasteiger partial charge < -0.3 is 0 Å². The normalized spacial score (nSPS) is 11.6. The summed E-state index contributed by atoms with van der Waals surface area (Å²) in [6, 6.07) is 4.97. The number of hydrogen-bond donors (Lipinski definition) is 1. The monoisotopic (exact) mass is 214 g/mol. The van der Waals surface area contributed by atoms with Gasteiger partial charge in [0.05, 0.1) is 4.90 Å². The highest BCUT2D eigenvalue weighted by Crippen LogP contribution is 2.16. The van der Waals surface area contributed by atoms with Crippen molar-refractivity contribution in [3.63, 3.8) is 0 Å². The molecule has 14 heavy (non-hydrogen) atoms. The average molecular weight is 214 g/mol. The Hall–Kier alpha value is -0.870. The topological polar surface area (TPSA) is 54.4 Å². The zero-order valence-corrected chi connectivity index (χ0v) is 9.13. The first kappa shape index (κ1) is 11.2. The zero-order chi connectivity index (χ0) is 10.8. The van der Waals surface area contributed by atoms with Crippen LogP contribution < -0.4 is 0 Å². The van der Waals surface area contributed by atoms with E-state index in [1.807, 2.05) is 19.9 Å². The Morgan fingerprint density at radius 2 is 1.50 bits per heavy atom. The first-order valence-corrected chi connectivity index (χ1v) is 6.01. The molecule has 1 aromatic carbocycles. The van der Waals surface area contributed by atoms with Crippen molar-refractivity contribution in [2.24, 2.45) is 0 Å². The van der Waals surface area contributed by atoms with Gasteiger partial charge in [-0.2, -0.15) is 8.42 Å². The molecule has 0 aliphatic rings. The van der Waals surface area contributed by atoms with Crippen LogP contribution in [0.2, 0.25) is 0 Å². The van der Waals surface area contributed by atoms with Crippen LogP contribution in [0.5, 0.6) is 0 Å². The third-order valence-electron chi connectivity index (χ3n) is 2.14. The van der Waals surface area contributed by atoms with Crippen LogP contribution in [0.3, 0.4) is 0 Å². The molecule has 1 N–H and O–H groups in total. The molecule has 1 aromatic rings.